The van der Waals surface area contributed by atoms with E-state index in [4.69, 9.17) is 9.84 Å². The van der Waals surface area contributed by atoms with Crippen molar-refractivity contribution in [2.75, 3.05) is 33.9 Å². The lowest BCUT2D eigenvalue weighted by molar-refractivity contribution is -0.144. The molecule has 2 N–H and O–H groups in total. The van der Waals surface area contributed by atoms with Crippen molar-refractivity contribution in [3.05, 3.63) is 0 Å². The van der Waals surface area contributed by atoms with Crippen molar-refractivity contribution in [3.8, 4) is 0 Å². The second-order valence-corrected chi connectivity index (χ2v) is 5.28. The molecule has 5 nitrogen and oxygen atoms in total. The summed E-state index contributed by atoms with van der Waals surface area (Å²) in [5, 5.41) is 12.0. The van der Waals surface area contributed by atoms with E-state index in [1.54, 1.807) is 21.1 Å². The third kappa shape index (κ3) is 6.36. The molecule has 0 saturated carbocycles. The van der Waals surface area contributed by atoms with Gasteiger partial charge in [0.1, 0.15) is 5.54 Å². The van der Waals surface area contributed by atoms with Gasteiger partial charge in [0.2, 0.25) is 0 Å². The van der Waals surface area contributed by atoms with Crippen molar-refractivity contribution >= 4 is 5.97 Å². The monoisotopic (exact) mass is 274 g/mol. The van der Waals surface area contributed by atoms with Crippen molar-refractivity contribution in [3.63, 3.8) is 0 Å². The number of hydrogen-bond acceptors (Lipinski definition) is 4. The van der Waals surface area contributed by atoms with Crippen LogP contribution in [0.4, 0.5) is 0 Å². The second-order valence-electron chi connectivity index (χ2n) is 5.28. The van der Waals surface area contributed by atoms with Crippen LogP contribution < -0.4 is 5.32 Å². The van der Waals surface area contributed by atoms with Crippen LogP contribution in [-0.2, 0) is 9.53 Å². The molecule has 0 aromatic carbocycles. The summed E-state index contributed by atoms with van der Waals surface area (Å²) in [7, 11) is 3.42. The third-order valence-electron chi connectivity index (χ3n) is 3.83. The van der Waals surface area contributed by atoms with Crippen LogP contribution in [0.15, 0.2) is 0 Å². The Bertz CT molecular complexity index is 261. The zero-order valence-corrected chi connectivity index (χ0v) is 13.0. The minimum Gasteiger partial charge on any atom is -0.480 e. The summed E-state index contributed by atoms with van der Waals surface area (Å²) in [5.74, 6) is -0.782. The van der Waals surface area contributed by atoms with Crippen molar-refractivity contribution in [1.29, 1.82) is 0 Å². The molecular formula is C14H30N2O3. The number of rotatable bonds is 11. The molecule has 0 fully saturated rings. The van der Waals surface area contributed by atoms with Crippen LogP contribution in [0.3, 0.4) is 0 Å². The molecular weight excluding hydrogens is 244 g/mol. The summed E-state index contributed by atoms with van der Waals surface area (Å²) >= 11 is 0. The van der Waals surface area contributed by atoms with Gasteiger partial charge in [0, 0.05) is 13.2 Å². The van der Waals surface area contributed by atoms with Crippen LogP contribution in [0, 0.1) is 0 Å². The van der Waals surface area contributed by atoms with E-state index in [0.29, 0.717) is 12.5 Å². The topological polar surface area (TPSA) is 61.8 Å². The molecule has 2 atom stereocenters. The lowest BCUT2D eigenvalue weighted by Gasteiger charge is -2.28. The Morgan fingerprint density at radius 3 is 2.53 bits per heavy atom. The van der Waals surface area contributed by atoms with E-state index in [9.17, 15) is 4.79 Å². The van der Waals surface area contributed by atoms with Crippen molar-refractivity contribution in [1.82, 2.24) is 10.2 Å². The Balaban J connectivity index is 4.04. The fourth-order valence-electron chi connectivity index (χ4n) is 2.17. The highest BCUT2D eigenvalue weighted by Gasteiger charge is 2.30. The molecule has 0 aliphatic carbocycles. The Morgan fingerprint density at radius 1 is 1.47 bits per heavy atom. The minimum atomic E-state index is -0.810. The first kappa shape index (κ1) is 18.4. The Morgan fingerprint density at radius 2 is 2.11 bits per heavy atom. The van der Waals surface area contributed by atoms with Crippen molar-refractivity contribution < 1.29 is 14.6 Å². The smallest absolute Gasteiger partial charge is 0.323 e. The molecule has 0 amide bonds. The zero-order valence-electron chi connectivity index (χ0n) is 13.0. The van der Waals surface area contributed by atoms with E-state index >= 15 is 0 Å². The maximum Gasteiger partial charge on any atom is 0.323 e. The predicted octanol–water partition coefficient (Wildman–Crippen LogP) is 1.58. The Kier molecular flexibility index (Phi) is 8.97. The van der Waals surface area contributed by atoms with Crippen LogP contribution in [-0.4, -0.2) is 61.4 Å². The van der Waals surface area contributed by atoms with Gasteiger partial charge >= 0.3 is 5.97 Å². The molecule has 0 aromatic rings. The van der Waals surface area contributed by atoms with E-state index in [1.807, 2.05) is 0 Å². The fourth-order valence-corrected chi connectivity index (χ4v) is 2.17. The number of carbonyl (C=O) groups is 1. The van der Waals surface area contributed by atoms with E-state index in [1.165, 1.54) is 0 Å². The van der Waals surface area contributed by atoms with Gasteiger partial charge in [-0.1, -0.05) is 6.92 Å². The molecule has 0 rings (SSSR count). The number of aliphatic carboxylic acids is 1. The number of methoxy groups -OCH3 is 1. The average Bonchev–Trinajstić information content (AvgIpc) is 2.38. The summed E-state index contributed by atoms with van der Waals surface area (Å²) in [6.07, 6.45) is 2.56. The van der Waals surface area contributed by atoms with Gasteiger partial charge in [-0.05, 0) is 53.2 Å². The molecule has 0 saturated heterocycles. The number of likely N-dealkylation sites (N-methyl/N-ethyl adjacent to an activating group) is 2. The second kappa shape index (κ2) is 9.28. The normalized spacial score (nSPS) is 16.3. The van der Waals surface area contributed by atoms with Gasteiger partial charge in [0.05, 0.1) is 6.61 Å². The lowest BCUT2D eigenvalue weighted by atomic mass is 9.95. The summed E-state index contributed by atoms with van der Waals surface area (Å²) < 4.78 is 5.17. The first-order chi connectivity index (χ1) is 8.91. The molecule has 0 radical (unpaired) electrons. The maximum atomic E-state index is 11.1. The number of carboxylic acids is 1. The van der Waals surface area contributed by atoms with Gasteiger partial charge < -0.3 is 15.2 Å². The number of carboxylic acid groups (broad SMARTS) is 1. The number of nitrogens with one attached hydrogen (secondary N) is 1. The van der Waals surface area contributed by atoms with Crippen LogP contribution in [0.2, 0.25) is 0 Å². The van der Waals surface area contributed by atoms with E-state index in [2.05, 4.69) is 24.1 Å². The average molecular weight is 274 g/mol. The van der Waals surface area contributed by atoms with Crippen LogP contribution in [0.5, 0.6) is 0 Å². The molecule has 5 heteroatoms. The summed E-state index contributed by atoms with van der Waals surface area (Å²) in [6.45, 7) is 8.74. The van der Waals surface area contributed by atoms with Gasteiger partial charge in [-0.15, -0.1) is 0 Å². The molecule has 0 aromatic heterocycles. The van der Waals surface area contributed by atoms with Gasteiger partial charge in [0.15, 0.2) is 0 Å². The largest absolute Gasteiger partial charge is 0.480 e. The Hall–Kier alpha value is -0.650. The summed E-state index contributed by atoms with van der Waals surface area (Å²) in [4.78, 5) is 13.5. The molecule has 19 heavy (non-hydrogen) atoms. The number of nitrogens with zero attached hydrogens (tertiary/aromatic N) is 1. The molecule has 0 aliphatic heterocycles. The third-order valence-corrected chi connectivity index (χ3v) is 3.83. The highest BCUT2D eigenvalue weighted by atomic mass is 16.5. The van der Waals surface area contributed by atoms with Gasteiger partial charge in [-0.25, -0.2) is 0 Å². The lowest BCUT2D eigenvalue weighted by Crippen LogP contribution is -2.47. The molecule has 0 bridgehead atoms. The summed E-state index contributed by atoms with van der Waals surface area (Å²) in [5.41, 5.74) is -0.810. The maximum absolute atomic E-state index is 11.1. The van der Waals surface area contributed by atoms with Gasteiger partial charge in [0.25, 0.3) is 0 Å². The predicted molar refractivity (Wildman–Crippen MR) is 77.5 cm³/mol. The molecule has 2 unspecified atom stereocenters. The highest BCUT2D eigenvalue weighted by Crippen LogP contribution is 2.14. The van der Waals surface area contributed by atoms with Crippen LogP contribution in [0.1, 0.15) is 40.0 Å². The highest BCUT2D eigenvalue weighted by molar-refractivity contribution is 5.78. The summed E-state index contributed by atoms with van der Waals surface area (Å²) in [6, 6.07) is 0.408. The van der Waals surface area contributed by atoms with E-state index in [0.717, 1.165) is 32.5 Å². The molecule has 0 aliphatic rings. The standard InChI is InChI=1S/C14H30N2O3/c1-6-16(12(2)11-19-5)10-8-7-9-14(3,15-4)13(17)18/h12,15H,6-11H2,1-5H3,(H,17,18). The number of hydrogen-bond donors (Lipinski definition) is 2. The van der Waals surface area contributed by atoms with Crippen molar-refractivity contribution in [2.24, 2.45) is 0 Å². The van der Waals surface area contributed by atoms with Crippen LogP contribution >= 0.6 is 0 Å². The zero-order chi connectivity index (χ0) is 14.9. The number of ether oxygens (including phenoxy) is 1. The van der Waals surface area contributed by atoms with Gasteiger partial charge in [-0.2, -0.15) is 0 Å². The SMILES string of the molecule is CCN(CCCCC(C)(NC)C(=O)O)C(C)COC. The minimum absolute atomic E-state index is 0.408. The number of unbranched alkanes of at least 4 members (excludes halogenated alkanes) is 1. The van der Waals surface area contributed by atoms with Crippen molar-refractivity contribution in [2.45, 2.75) is 51.6 Å². The quantitative estimate of drug-likeness (QED) is 0.560. The first-order valence-electron chi connectivity index (χ1n) is 7.06. The molecule has 0 heterocycles. The van der Waals surface area contributed by atoms with Crippen LogP contribution in [0.25, 0.3) is 0 Å². The van der Waals surface area contributed by atoms with E-state index < -0.39 is 11.5 Å². The Labute approximate surface area is 117 Å². The van der Waals surface area contributed by atoms with Gasteiger partial charge in [-0.3, -0.25) is 9.69 Å². The van der Waals surface area contributed by atoms with E-state index in [-0.39, 0.29) is 0 Å². The first-order valence-corrected chi connectivity index (χ1v) is 7.06. The molecule has 0 spiro atoms. The molecule has 114 valence electrons. The fraction of sp³-hybridized carbons (Fsp3) is 0.929.